The van der Waals surface area contributed by atoms with Gasteiger partial charge in [-0.3, -0.25) is 4.79 Å². The summed E-state index contributed by atoms with van der Waals surface area (Å²) in [6, 6.07) is 20.4. The van der Waals surface area contributed by atoms with Gasteiger partial charge in [-0.25, -0.2) is 4.98 Å². The first kappa shape index (κ1) is 18.5. The van der Waals surface area contributed by atoms with E-state index in [1.165, 1.54) is 0 Å². The molecule has 0 aliphatic carbocycles. The number of amides is 1. The average molecular weight is 361 g/mol. The molecule has 0 saturated carbocycles. The largest absolute Gasteiger partial charge is 0.455 e. The fraction of sp³-hybridized carbons (Fsp3) is 0.182. The van der Waals surface area contributed by atoms with E-state index in [0.29, 0.717) is 22.7 Å². The highest BCUT2D eigenvalue weighted by atomic mass is 16.5. The number of para-hydroxylation sites is 3. The van der Waals surface area contributed by atoms with Crippen molar-refractivity contribution in [3.8, 4) is 11.5 Å². The number of carbonyl (C=O) groups excluding carboxylic acids is 1. The first-order chi connectivity index (χ1) is 13.2. The molecular weight excluding hydrogens is 338 g/mol. The number of nitrogens with zero attached hydrogens (tertiary/aromatic N) is 2. The van der Waals surface area contributed by atoms with Crippen LogP contribution in [0.15, 0.2) is 72.9 Å². The van der Waals surface area contributed by atoms with Gasteiger partial charge < -0.3 is 15.0 Å². The van der Waals surface area contributed by atoms with Gasteiger partial charge in [0, 0.05) is 24.8 Å². The molecule has 5 nitrogen and oxygen atoms in total. The molecule has 0 fully saturated rings. The summed E-state index contributed by atoms with van der Waals surface area (Å²) in [5.41, 5.74) is 1.17. The molecule has 0 spiro atoms. The van der Waals surface area contributed by atoms with Crippen LogP contribution >= 0.6 is 0 Å². The van der Waals surface area contributed by atoms with Crippen LogP contribution in [0, 0.1) is 0 Å². The molecule has 0 unspecified atom stereocenters. The maximum absolute atomic E-state index is 12.8. The van der Waals surface area contributed by atoms with Crippen LogP contribution in [0.1, 0.15) is 24.2 Å². The quantitative estimate of drug-likeness (QED) is 0.645. The van der Waals surface area contributed by atoms with E-state index in [4.69, 9.17) is 4.74 Å². The van der Waals surface area contributed by atoms with Gasteiger partial charge in [0.05, 0.1) is 5.69 Å². The summed E-state index contributed by atoms with van der Waals surface area (Å²) in [6.45, 7) is 5.80. The molecule has 1 heterocycles. The van der Waals surface area contributed by atoms with E-state index in [-0.39, 0.29) is 5.91 Å². The van der Waals surface area contributed by atoms with Crippen molar-refractivity contribution in [3.05, 3.63) is 78.5 Å². The van der Waals surface area contributed by atoms with Crippen molar-refractivity contribution < 1.29 is 9.53 Å². The molecule has 2 aromatic carbocycles. The number of nitrogens with one attached hydrogen (secondary N) is 1. The number of ether oxygens (including phenoxy) is 1. The third-order valence-electron chi connectivity index (χ3n) is 4.20. The van der Waals surface area contributed by atoms with Gasteiger partial charge in [-0.2, -0.15) is 0 Å². The van der Waals surface area contributed by atoms with E-state index < -0.39 is 0 Å². The van der Waals surface area contributed by atoms with Gasteiger partial charge in [-0.05, 0) is 50.2 Å². The second kappa shape index (κ2) is 8.85. The van der Waals surface area contributed by atoms with Crippen LogP contribution in [0.5, 0.6) is 11.5 Å². The van der Waals surface area contributed by atoms with Gasteiger partial charge in [0.15, 0.2) is 5.75 Å². The van der Waals surface area contributed by atoms with Gasteiger partial charge in [-0.15, -0.1) is 0 Å². The molecule has 3 rings (SSSR count). The van der Waals surface area contributed by atoms with Crippen LogP contribution in [0.4, 0.5) is 11.5 Å². The van der Waals surface area contributed by atoms with E-state index in [9.17, 15) is 4.79 Å². The predicted molar refractivity (Wildman–Crippen MR) is 109 cm³/mol. The Bertz CT molecular complexity index is 893. The Morgan fingerprint density at radius 3 is 2.44 bits per heavy atom. The van der Waals surface area contributed by atoms with E-state index in [1.807, 2.05) is 60.7 Å². The van der Waals surface area contributed by atoms with Crippen molar-refractivity contribution in [1.82, 2.24) is 4.98 Å². The molecule has 1 aromatic heterocycles. The van der Waals surface area contributed by atoms with Crippen molar-refractivity contribution >= 4 is 17.4 Å². The number of aromatic nitrogens is 1. The topological polar surface area (TPSA) is 54.5 Å². The number of carbonyl (C=O) groups is 1. The lowest BCUT2D eigenvalue weighted by Gasteiger charge is -2.20. The zero-order valence-electron chi connectivity index (χ0n) is 15.6. The minimum Gasteiger partial charge on any atom is -0.455 e. The Morgan fingerprint density at radius 1 is 1.00 bits per heavy atom. The third-order valence-corrected chi connectivity index (χ3v) is 4.20. The number of benzene rings is 2. The molecule has 27 heavy (non-hydrogen) atoms. The van der Waals surface area contributed by atoms with Crippen LogP contribution in [0.2, 0.25) is 0 Å². The Hall–Kier alpha value is -3.34. The van der Waals surface area contributed by atoms with Crippen LogP contribution < -0.4 is 15.0 Å². The molecular formula is C22H23N3O2. The fourth-order valence-electron chi connectivity index (χ4n) is 2.75. The van der Waals surface area contributed by atoms with Gasteiger partial charge >= 0.3 is 0 Å². The molecule has 3 aromatic rings. The second-order valence-electron chi connectivity index (χ2n) is 5.94. The first-order valence-electron chi connectivity index (χ1n) is 9.05. The summed E-state index contributed by atoms with van der Waals surface area (Å²) < 4.78 is 5.91. The van der Waals surface area contributed by atoms with E-state index >= 15 is 0 Å². The highest BCUT2D eigenvalue weighted by Crippen LogP contribution is 2.29. The normalized spacial score (nSPS) is 10.3. The molecule has 138 valence electrons. The van der Waals surface area contributed by atoms with Gasteiger partial charge in [0.1, 0.15) is 11.6 Å². The van der Waals surface area contributed by atoms with Crippen LogP contribution in [0.3, 0.4) is 0 Å². The third kappa shape index (κ3) is 4.64. The van der Waals surface area contributed by atoms with Crippen molar-refractivity contribution in [2.75, 3.05) is 23.3 Å². The minimum atomic E-state index is -0.199. The molecule has 1 N–H and O–H groups in total. The summed E-state index contributed by atoms with van der Waals surface area (Å²) in [6.07, 6.45) is 1.66. The van der Waals surface area contributed by atoms with Gasteiger partial charge in [0.25, 0.3) is 5.91 Å². The lowest BCUT2D eigenvalue weighted by molar-refractivity contribution is 0.102. The van der Waals surface area contributed by atoms with Crippen LogP contribution in [-0.2, 0) is 0 Å². The molecule has 0 aliphatic heterocycles. The molecule has 5 heteroatoms. The van der Waals surface area contributed by atoms with E-state index in [1.54, 1.807) is 12.3 Å². The smallest absolute Gasteiger partial charge is 0.255 e. The van der Waals surface area contributed by atoms with Crippen molar-refractivity contribution in [3.63, 3.8) is 0 Å². The van der Waals surface area contributed by atoms with Crippen LogP contribution in [-0.4, -0.2) is 24.0 Å². The number of anilines is 2. The van der Waals surface area contributed by atoms with Crippen molar-refractivity contribution in [2.24, 2.45) is 0 Å². The maximum Gasteiger partial charge on any atom is 0.255 e. The van der Waals surface area contributed by atoms with E-state index in [2.05, 4.69) is 29.0 Å². The molecule has 1 amide bonds. The summed E-state index contributed by atoms with van der Waals surface area (Å²) in [4.78, 5) is 19.2. The Balaban J connectivity index is 1.80. The lowest BCUT2D eigenvalue weighted by Crippen LogP contribution is -2.23. The summed E-state index contributed by atoms with van der Waals surface area (Å²) in [7, 11) is 0. The number of rotatable bonds is 7. The number of pyridine rings is 1. The first-order valence-corrected chi connectivity index (χ1v) is 9.05. The number of hydrogen-bond donors (Lipinski definition) is 1. The Morgan fingerprint density at radius 2 is 1.70 bits per heavy atom. The SMILES string of the molecule is CCN(CC)c1cc(C(=O)Nc2ccccc2Oc2ccccc2)ccn1. The fourth-order valence-corrected chi connectivity index (χ4v) is 2.75. The predicted octanol–water partition coefficient (Wildman–Crippen LogP) is 4.97. The zero-order chi connectivity index (χ0) is 19.1. The standard InChI is InChI=1S/C22H23N3O2/c1-3-25(4-2)21-16-17(14-15-23-21)22(26)24-19-12-8-9-13-20(19)27-18-10-6-5-7-11-18/h5-16H,3-4H2,1-2H3,(H,24,26). The molecule has 0 bridgehead atoms. The number of hydrogen-bond acceptors (Lipinski definition) is 4. The maximum atomic E-state index is 12.8. The lowest BCUT2D eigenvalue weighted by atomic mass is 10.2. The molecule has 0 aliphatic rings. The van der Waals surface area contributed by atoms with Gasteiger partial charge in [-0.1, -0.05) is 30.3 Å². The highest BCUT2D eigenvalue weighted by Gasteiger charge is 2.13. The molecule has 0 saturated heterocycles. The Kier molecular flexibility index (Phi) is 6.05. The molecule has 0 radical (unpaired) electrons. The van der Waals surface area contributed by atoms with Crippen molar-refractivity contribution in [2.45, 2.75) is 13.8 Å². The second-order valence-corrected chi connectivity index (χ2v) is 5.94. The minimum absolute atomic E-state index is 0.199. The molecule has 0 atom stereocenters. The van der Waals surface area contributed by atoms with Gasteiger partial charge in [0.2, 0.25) is 0 Å². The Labute approximate surface area is 159 Å². The zero-order valence-corrected chi connectivity index (χ0v) is 15.6. The average Bonchev–Trinajstić information content (AvgIpc) is 2.71. The summed E-state index contributed by atoms with van der Waals surface area (Å²) >= 11 is 0. The van der Waals surface area contributed by atoms with Crippen LogP contribution in [0.25, 0.3) is 0 Å². The highest BCUT2D eigenvalue weighted by molar-refractivity contribution is 6.05. The van der Waals surface area contributed by atoms with Crippen molar-refractivity contribution in [1.29, 1.82) is 0 Å². The summed E-state index contributed by atoms with van der Waals surface area (Å²) in [5, 5.41) is 2.94. The monoisotopic (exact) mass is 361 g/mol. The van der Waals surface area contributed by atoms with E-state index in [0.717, 1.165) is 18.9 Å². The summed E-state index contributed by atoms with van der Waals surface area (Å²) in [5.74, 6) is 1.90.